The zero-order valence-electron chi connectivity index (χ0n) is 11.6. The van der Waals surface area contributed by atoms with Crippen LogP contribution in [0.3, 0.4) is 0 Å². The normalized spacial score (nSPS) is 14.4. The molecule has 0 saturated heterocycles. The van der Waals surface area contributed by atoms with Crippen molar-refractivity contribution in [2.45, 2.75) is 32.8 Å². The van der Waals surface area contributed by atoms with E-state index < -0.39 is 6.10 Å². The molecule has 0 saturated carbocycles. The van der Waals surface area contributed by atoms with Gasteiger partial charge in [0.15, 0.2) is 0 Å². The van der Waals surface area contributed by atoms with Crippen molar-refractivity contribution in [3.63, 3.8) is 0 Å². The minimum Gasteiger partial charge on any atom is -0.387 e. The number of aryl methyl sites for hydroxylation is 3. The highest BCUT2D eigenvalue weighted by Crippen LogP contribution is 2.35. The number of rotatable bonds is 4. The molecule has 1 aromatic carbocycles. The highest BCUT2D eigenvalue weighted by atomic mass is 32.1. The second-order valence-electron chi connectivity index (χ2n) is 4.88. The van der Waals surface area contributed by atoms with Crippen LogP contribution in [-0.2, 0) is 0 Å². The highest BCUT2D eigenvalue weighted by Gasteiger charge is 2.25. The lowest BCUT2D eigenvalue weighted by atomic mass is 9.91. The van der Waals surface area contributed by atoms with Crippen LogP contribution in [0.1, 0.15) is 38.7 Å². The number of aliphatic hydroxyl groups is 1. The summed E-state index contributed by atoms with van der Waals surface area (Å²) in [7, 11) is 0. The Morgan fingerprint density at radius 3 is 2.32 bits per heavy atom. The Bertz CT molecular complexity index is 548. The van der Waals surface area contributed by atoms with E-state index in [4.69, 9.17) is 5.73 Å². The summed E-state index contributed by atoms with van der Waals surface area (Å²) >= 11 is 1.55. The number of aliphatic hydroxyl groups excluding tert-OH is 1. The molecule has 4 heteroatoms. The van der Waals surface area contributed by atoms with E-state index in [0.717, 1.165) is 21.1 Å². The first-order valence-corrected chi connectivity index (χ1v) is 7.23. The van der Waals surface area contributed by atoms with E-state index in [-0.39, 0.29) is 5.92 Å². The van der Waals surface area contributed by atoms with Gasteiger partial charge in [0.25, 0.3) is 0 Å². The molecule has 2 unspecified atom stereocenters. The first kappa shape index (κ1) is 14.2. The van der Waals surface area contributed by atoms with Crippen molar-refractivity contribution in [3.05, 3.63) is 51.0 Å². The monoisotopic (exact) mass is 276 g/mol. The van der Waals surface area contributed by atoms with Gasteiger partial charge in [-0.05, 0) is 26.3 Å². The second-order valence-corrected chi connectivity index (χ2v) is 6.12. The van der Waals surface area contributed by atoms with Gasteiger partial charge >= 0.3 is 0 Å². The minimum atomic E-state index is -0.584. The van der Waals surface area contributed by atoms with Crippen LogP contribution >= 0.6 is 11.3 Å². The summed E-state index contributed by atoms with van der Waals surface area (Å²) < 4.78 is 0. The molecular formula is C15H20N2OS. The minimum absolute atomic E-state index is 0.0841. The van der Waals surface area contributed by atoms with E-state index in [0.29, 0.717) is 6.54 Å². The number of benzene rings is 1. The molecule has 1 aromatic heterocycles. The number of nitrogens with two attached hydrogens (primary N) is 1. The van der Waals surface area contributed by atoms with Crippen LogP contribution in [0.15, 0.2) is 24.3 Å². The van der Waals surface area contributed by atoms with Crippen molar-refractivity contribution >= 4 is 11.3 Å². The Balaban J connectivity index is 2.31. The second kappa shape index (κ2) is 5.82. The molecule has 0 aliphatic carbocycles. The third kappa shape index (κ3) is 3.03. The fourth-order valence-electron chi connectivity index (χ4n) is 2.27. The number of thiazole rings is 1. The van der Waals surface area contributed by atoms with Crippen molar-refractivity contribution in [2.24, 2.45) is 5.73 Å². The quantitative estimate of drug-likeness (QED) is 0.902. The van der Waals surface area contributed by atoms with E-state index >= 15 is 0 Å². The standard InChI is InChI=1S/C15H20N2OS/c1-9-4-6-12(7-5-9)13(8-16)14(18)15-10(2)17-11(3)19-15/h4-7,13-14,18H,8,16H2,1-3H3. The summed E-state index contributed by atoms with van der Waals surface area (Å²) in [5.41, 5.74) is 9.05. The molecule has 1 heterocycles. The zero-order chi connectivity index (χ0) is 14.0. The maximum absolute atomic E-state index is 10.6. The Morgan fingerprint density at radius 1 is 1.21 bits per heavy atom. The van der Waals surface area contributed by atoms with Gasteiger partial charge < -0.3 is 10.8 Å². The van der Waals surface area contributed by atoms with Crippen LogP contribution in [0.2, 0.25) is 0 Å². The molecule has 3 nitrogen and oxygen atoms in total. The van der Waals surface area contributed by atoms with Gasteiger partial charge in [0.1, 0.15) is 0 Å². The number of nitrogens with zero attached hydrogens (tertiary/aromatic N) is 1. The van der Waals surface area contributed by atoms with Crippen LogP contribution in [0.25, 0.3) is 0 Å². The molecule has 19 heavy (non-hydrogen) atoms. The molecule has 0 aliphatic rings. The Kier molecular flexibility index (Phi) is 4.34. The average molecular weight is 276 g/mol. The van der Waals surface area contributed by atoms with E-state index in [1.807, 2.05) is 32.9 Å². The molecule has 3 N–H and O–H groups in total. The SMILES string of the molecule is Cc1ccc(C(CN)C(O)c2sc(C)nc2C)cc1. The zero-order valence-corrected chi connectivity index (χ0v) is 12.4. The van der Waals surface area contributed by atoms with Gasteiger partial charge in [-0.2, -0.15) is 0 Å². The summed E-state index contributed by atoms with van der Waals surface area (Å²) in [5.74, 6) is -0.0841. The lowest BCUT2D eigenvalue weighted by Crippen LogP contribution is -2.20. The topological polar surface area (TPSA) is 59.1 Å². The summed E-state index contributed by atoms with van der Waals surface area (Å²) in [4.78, 5) is 5.30. The van der Waals surface area contributed by atoms with Gasteiger partial charge in [-0.1, -0.05) is 29.8 Å². The largest absolute Gasteiger partial charge is 0.387 e. The average Bonchev–Trinajstić information content (AvgIpc) is 2.71. The molecule has 2 aromatic rings. The predicted octanol–water partition coefficient (Wildman–Crippen LogP) is 2.84. The van der Waals surface area contributed by atoms with Gasteiger partial charge in [0, 0.05) is 12.5 Å². The summed E-state index contributed by atoms with van der Waals surface area (Å²) in [6.45, 7) is 6.36. The lowest BCUT2D eigenvalue weighted by Gasteiger charge is -2.21. The molecule has 0 aliphatic heterocycles. The molecule has 0 radical (unpaired) electrons. The molecule has 102 valence electrons. The van der Waals surface area contributed by atoms with Crippen LogP contribution in [0.5, 0.6) is 0 Å². The Hall–Kier alpha value is -1.23. The summed E-state index contributed by atoms with van der Waals surface area (Å²) in [6.07, 6.45) is -0.584. The van der Waals surface area contributed by atoms with E-state index in [2.05, 4.69) is 17.1 Å². The van der Waals surface area contributed by atoms with Gasteiger partial charge in [-0.15, -0.1) is 11.3 Å². The van der Waals surface area contributed by atoms with Crippen LogP contribution in [-0.4, -0.2) is 16.6 Å². The van der Waals surface area contributed by atoms with Crippen LogP contribution in [0.4, 0.5) is 0 Å². The van der Waals surface area contributed by atoms with E-state index in [1.54, 1.807) is 11.3 Å². The molecule has 0 fully saturated rings. The van der Waals surface area contributed by atoms with Gasteiger partial charge in [-0.25, -0.2) is 4.98 Å². The third-order valence-corrected chi connectivity index (χ3v) is 4.49. The fraction of sp³-hybridized carbons (Fsp3) is 0.400. The van der Waals surface area contributed by atoms with Crippen molar-refractivity contribution in [1.29, 1.82) is 0 Å². The number of hydrogen-bond acceptors (Lipinski definition) is 4. The van der Waals surface area contributed by atoms with Crippen LogP contribution in [0, 0.1) is 20.8 Å². The number of hydrogen-bond donors (Lipinski definition) is 2. The summed E-state index contributed by atoms with van der Waals surface area (Å²) in [5, 5.41) is 11.6. The Labute approximate surface area is 118 Å². The molecule has 0 amide bonds. The first-order valence-electron chi connectivity index (χ1n) is 6.41. The van der Waals surface area contributed by atoms with E-state index in [1.165, 1.54) is 5.56 Å². The molecule has 2 atom stereocenters. The van der Waals surface area contributed by atoms with Gasteiger partial charge in [0.2, 0.25) is 0 Å². The smallest absolute Gasteiger partial charge is 0.0981 e. The highest BCUT2D eigenvalue weighted by molar-refractivity contribution is 7.11. The van der Waals surface area contributed by atoms with Crippen LogP contribution < -0.4 is 5.73 Å². The van der Waals surface area contributed by atoms with Crippen molar-refractivity contribution < 1.29 is 5.11 Å². The van der Waals surface area contributed by atoms with Crippen molar-refractivity contribution in [1.82, 2.24) is 4.98 Å². The van der Waals surface area contributed by atoms with Crippen molar-refractivity contribution in [2.75, 3.05) is 6.54 Å². The number of aromatic nitrogens is 1. The maximum atomic E-state index is 10.6. The summed E-state index contributed by atoms with van der Waals surface area (Å²) in [6, 6.07) is 8.18. The van der Waals surface area contributed by atoms with Crippen molar-refractivity contribution in [3.8, 4) is 0 Å². The van der Waals surface area contributed by atoms with Gasteiger partial charge in [0.05, 0.1) is 21.7 Å². The molecule has 0 bridgehead atoms. The molecular weight excluding hydrogens is 256 g/mol. The predicted molar refractivity (Wildman–Crippen MR) is 79.5 cm³/mol. The van der Waals surface area contributed by atoms with E-state index in [9.17, 15) is 5.11 Å². The fourth-order valence-corrected chi connectivity index (χ4v) is 3.24. The molecule has 2 rings (SSSR count). The third-order valence-electron chi connectivity index (χ3n) is 3.35. The Morgan fingerprint density at radius 2 is 1.84 bits per heavy atom. The molecule has 0 spiro atoms. The first-order chi connectivity index (χ1) is 9.02. The maximum Gasteiger partial charge on any atom is 0.0981 e. The lowest BCUT2D eigenvalue weighted by molar-refractivity contribution is 0.150. The van der Waals surface area contributed by atoms with Gasteiger partial charge in [-0.3, -0.25) is 0 Å².